The van der Waals surface area contributed by atoms with Crippen LogP contribution in [0.3, 0.4) is 0 Å². The number of amides is 1. The Balaban J connectivity index is 0.00000264. The molecule has 0 aliphatic carbocycles. The number of ether oxygens (including phenoxy) is 2. The summed E-state index contributed by atoms with van der Waals surface area (Å²) in [5.74, 6) is 0.691. The topological polar surface area (TPSA) is 59.6 Å². The largest absolute Gasteiger partial charge is 0.496 e. The molecule has 1 aromatic rings. The number of carbonyl (C=O) groups excluding carboxylic acids is 1. The Bertz CT molecular complexity index is 515. The van der Waals surface area contributed by atoms with Gasteiger partial charge in [-0.25, -0.2) is 0 Å². The van der Waals surface area contributed by atoms with Crippen molar-refractivity contribution in [3.63, 3.8) is 0 Å². The Morgan fingerprint density at radius 1 is 1.35 bits per heavy atom. The molecule has 1 saturated heterocycles. The first-order chi connectivity index (χ1) is 10.6. The van der Waals surface area contributed by atoms with E-state index in [0.29, 0.717) is 23.9 Å². The summed E-state index contributed by atoms with van der Waals surface area (Å²) < 4.78 is 10.6. The van der Waals surface area contributed by atoms with Crippen LogP contribution in [0.25, 0.3) is 0 Å². The lowest BCUT2D eigenvalue weighted by Crippen LogP contribution is -2.50. The van der Waals surface area contributed by atoms with E-state index in [1.165, 1.54) is 0 Å². The Labute approximate surface area is 148 Å². The van der Waals surface area contributed by atoms with Crippen molar-refractivity contribution in [2.24, 2.45) is 5.41 Å². The van der Waals surface area contributed by atoms with Crippen molar-refractivity contribution in [2.45, 2.75) is 19.4 Å². The predicted octanol–water partition coefficient (Wildman–Crippen LogP) is 2.40. The minimum absolute atomic E-state index is 0. The van der Waals surface area contributed by atoms with Gasteiger partial charge in [0, 0.05) is 24.2 Å². The molecule has 0 unspecified atom stereocenters. The number of hydrogen-bond donors (Lipinski definition) is 2. The minimum Gasteiger partial charge on any atom is -0.496 e. The fourth-order valence-electron chi connectivity index (χ4n) is 2.88. The molecule has 1 aliphatic rings. The maximum absolute atomic E-state index is 12.7. The van der Waals surface area contributed by atoms with Gasteiger partial charge in [0.15, 0.2) is 0 Å². The summed E-state index contributed by atoms with van der Waals surface area (Å²) in [6.07, 6.45) is 1.54. The lowest BCUT2D eigenvalue weighted by atomic mass is 9.78. The summed E-state index contributed by atoms with van der Waals surface area (Å²) in [5.41, 5.74) is 0.329. The van der Waals surface area contributed by atoms with E-state index in [9.17, 15) is 4.79 Å². The normalized spacial score (nSPS) is 16.3. The molecule has 5 nitrogen and oxygen atoms in total. The average Bonchev–Trinajstić information content (AvgIpc) is 2.54. The van der Waals surface area contributed by atoms with Gasteiger partial charge >= 0.3 is 0 Å². The zero-order chi connectivity index (χ0) is 16.0. The van der Waals surface area contributed by atoms with Gasteiger partial charge in [0.1, 0.15) is 5.75 Å². The molecule has 1 amide bonds. The summed E-state index contributed by atoms with van der Waals surface area (Å²) in [4.78, 5) is 12.7. The van der Waals surface area contributed by atoms with E-state index in [2.05, 4.69) is 10.6 Å². The van der Waals surface area contributed by atoms with Gasteiger partial charge in [-0.15, -0.1) is 12.4 Å². The van der Waals surface area contributed by atoms with E-state index in [-0.39, 0.29) is 18.3 Å². The fraction of sp³-hybridized carbons (Fsp3) is 0.562. The first kappa shape index (κ1) is 20.0. The number of hydrogen-bond acceptors (Lipinski definition) is 4. The molecule has 7 heteroatoms. The van der Waals surface area contributed by atoms with Gasteiger partial charge in [0.05, 0.1) is 19.1 Å². The summed E-state index contributed by atoms with van der Waals surface area (Å²) in [6.45, 7) is 2.43. The van der Waals surface area contributed by atoms with Gasteiger partial charge in [-0.3, -0.25) is 4.79 Å². The smallest absolute Gasteiger partial charge is 0.228 e. The standard InChI is InChI=1S/C16H23ClN2O3.ClH/c1-21-11-16(6-8-18-9-7-16)15(20)19-10-12-13(17)4-3-5-14(12)22-2;/h3-5,18H,6-11H2,1-2H3,(H,19,20);1H. The van der Waals surface area contributed by atoms with Crippen molar-refractivity contribution in [3.8, 4) is 5.75 Å². The number of methoxy groups -OCH3 is 2. The summed E-state index contributed by atoms with van der Waals surface area (Å²) in [6, 6.07) is 5.45. The molecule has 1 aliphatic heterocycles. The minimum atomic E-state index is -0.464. The molecule has 1 heterocycles. The summed E-state index contributed by atoms with van der Waals surface area (Å²) >= 11 is 6.21. The molecule has 2 N–H and O–H groups in total. The van der Waals surface area contributed by atoms with Crippen molar-refractivity contribution >= 4 is 29.9 Å². The van der Waals surface area contributed by atoms with Gasteiger partial charge < -0.3 is 20.1 Å². The van der Waals surface area contributed by atoms with Gasteiger partial charge in [0.25, 0.3) is 0 Å². The maximum Gasteiger partial charge on any atom is 0.228 e. The quantitative estimate of drug-likeness (QED) is 0.815. The Morgan fingerprint density at radius 3 is 2.65 bits per heavy atom. The monoisotopic (exact) mass is 362 g/mol. The second-order valence-electron chi connectivity index (χ2n) is 5.57. The van der Waals surface area contributed by atoms with E-state index >= 15 is 0 Å². The van der Waals surface area contributed by atoms with Crippen LogP contribution in [-0.4, -0.2) is 39.8 Å². The number of piperidine rings is 1. The highest BCUT2D eigenvalue weighted by molar-refractivity contribution is 6.31. The molecular formula is C16H24Cl2N2O3. The number of benzene rings is 1. The van der Waals surface area contributed by atoms with Crippen LogP contribution < -0.4 is 15.4 Å². The van der Waals surface area contributed by atoms with E-state index in [1.807, 2.05) is 12.1 Å². The van der Waals surface area contributed by atoms with Gasteiger partial charge in [-0.2, -0.15) is 0 Å². The van der Waals surface area contributed by atoms with Crippen LogP contribution in [0.2, 0.25) is 5.02 Å². The molecule has 1 fully saturated rings. The lowest BCUT2D eigenvalue weighted by molar-refractivity contribution is -0.136. The zero-order valence-corrected chi connectivity index (χ0v) is 15.1. The second kappa shape index (κ2) is 9.33. The number of rotatable bonds is 6. The van der Waals surface area contributed by atoms with Crippen LogP contribution in [0.4, 0.5) is 0 Å². The third kappa shape index (κ3) is 4.73. The van der Waals surface area contributed by atoms with Crippen LogP contribution in [-0.2, 0) is 16.1 Å². The summed E-state index contributed by atoms with van der Waals surface area (Å²) in [5, 5.41) is 6.86. The molecule has 0 radical (unpaired) electrons. The molecule has 2 rings (SSSR count). The number of halogens is 2. The van der Waals surface area contributed by atoms with E-state index < -0.39 is 5.41 Å². The molecule has 1 aromatic carbocycles. The van der Waals surface area contributed by atoms with Crippen LogP contribution >= 0.6 is 24.0 Å². The van der Waals surface area contributed by atoms with Crippen molar-refractivity contribution in [2.75, 3.05) is 33.9 Å². The highest BCUT2D eigenvalue weighted by atomic mass is 35.5. The molecule has 0 saturated carbocycles. The van der Waals surface area contributed by atoms with Crippen molar-refractivity contribution in [1.82, 2.24) is 10.6 Å². The molecule has 23 heavy (non-hydrogen) atoms. The van der Waals surface area contributed by atoms with Crippen LogP contribution in [0, 0.1) is 5.41 Å². The third-order valence-corrected chi connectivity index (χ3v) is 4.54. The first-order valence-corrected chi connectivity index (χ1v) is 7.80. The van der Waals surface area contributed by atoms with Crippen molar-refractivity contribution in [3.05, 3.63) is 28.8 Å². The Kier molecular flexibility index (Phi) is 8.12. The van der Waals surface area contributed by atoms with E-state index in [0.717, 1.165) is 31.5 Å². The summed E-state index contributed by atoms with van der Waals surface area (Å²) in [7, 11) is 3.23. The average molecular weight is 363 g/mol. The fourth-order valence-corrected chi connectivity index (χ4v) is 3.11. The molecule has 0 bridgehead atoms. The SMILES string of the molecule is COCC1(C(=O)NCc2c(Cl)cccc2OC)CCNCC1.Cl. The molecule has 0 spiro atoms. The highest BCUT2D eigenvalue weighted by Gasteiger charge is 2.39. The van der Waals surface area contributed by atoms with Crippen molar-refractivity contribution in [1.29, 1.82) is 0 Å². The second-order valence-corrected chi connectivity index (χ2v) is 5.97. The highest BCUT2D eigenvalue weighted by Crippen LogP contribution is 2.31. The van der Waals surface area contributed by atoms with Gasteiger partial charge in [0.2, 0.25) is 5.91 Å². The first-order valence-electron chi connectivity index (χ1n) is 7.42. The zero-order valence-electron chi connectivity index (χ0n) is 13.5. The molecule has 0 aromatic heterocycles. The van der Waals surface area contributed by atoms with Gasteiger partial charge in [-0.1, -0.05) is 17.7 Å². The van der Waals surface area contributed by atoms with Crippen LogP contribution in [0.15, 0.2) is 18.2 Å². The Hall–Kier alpha value is -1.01. The predicted molar refractivity (Wildman–Crippen MR) is 93.5 cm³/mol. The van der Waals surface area contributed by atoms with Gasteiger partial charge in [-0.05, 0) is 38.1 Å². The Morgan fingerprint density at radius 2 is 2.04 bits per heavy atom. The van der Waals surface area contributed by atoms with E-state index in [1.54, 1.807) is 20.3 Å². The number of nitrogens with one attached hydrogen (secondary N) is 2. The van der Waals surface area contributed by atoms with E-state index in [4.69, 9.17) is 21.1 Å². The molecule has 0 atom stereocenters. The third-order valence-electron chi connectivity index (χ3n) is 4.18. The van der Waals surface area contributed by atoms with Crippen LogP contribution in [0.5, 0.6) is 5.75 Å². The maximum atomic E-state index is 12.7. The van der Waals surface area contributed by atoms with Crippen LogP contribution in [0.1, 0.15) is 18.4 Å². The number of carbonyl (C=O) groups is 1. The molecule has 130 valence electrons. The molecular weight excluding hydrogens is 339 g/mol. The lowest BCUT2D eigenvalue weighted by Gasteiger charge is -2.35. The van der Waals surface area contributed by atoms with Crippen molar-refractivity contribution < 1.29 is 14.3 Å².